The van der Waals surface area contributed by atoms with Gasteiger partial charge in [0.25, 0.3) is 0 Å². The highest BCUT2D eigenvalue weighted by Gasteiger charge is 2.53. The van der Waals surface area contributed by atoms with Gasteiger partial charge in [-0.2, -0.15) is 0 Å². The van der Waals surface area contributed by atoms with Crippen molar-refractivity contribution in [1.82, 2.24) is 15.1 Å². The molecule has 1 aromatic carbocycles. The summed E-state index contributed by atoms with van der Waals surface area (Å²) in [6, 6.07) is 8.66. The molecule has 4 rings (SSSR count). The van der Waals surface area contributed by atoms with E-state index in [4.69, 9.17) is 0 Å². The summed E-state index contributed by atoms with van der Waals surface area (Å²) in [5.74, 6) is 0.867. The number of nitrogens with zero attached hydrogens (tertiary/aromatic N) is 2. The first kappa shape index (κ1) is 29.0. The normalized spacial score (nSPS) is 22.9. The molecule has 1 saturated carbocycles. The van der Waals surface area contributed by atoms with Crippen LogP contribution in [0.1, 0.15) is 102 Å². The standard InChI is InChI=1S/C30H47N3O2.ClH/c1-3-5-11-24-14-10-15-26(21-24)23-32-19-16-30(17-20-32)29(35)31-27(22-25-12-8-7-9-13-25)28(34)33(30)18-6-4-2;/h10,14-15,21,25,27H,3-9,11-13,16-20,22-23H2,1-2H3,(H,31,35);1H/t27-;/m0./s1. The van der Waals surface area contributed by atoms with Crippen molar-refractivity contribution < 1.29 is 9.59 Å². The maximum atomic E-state index is 13.7. The van der Waals surface area contributed by atoms with Gasteiger partial charge in [0.05, 0.1) is 0 Å². The predicted molar refractivity (Wildman–Crippen MR) is 149 cm³/mol. The van der Waals surface area contributed by atoms with Crippen LogP contribution in [-0.4, -0.2) is 52.8 Å². The Kier molecular flexibility index (Phi) is 11.1. The zero-order chi connectivity index (χ0) is 24.7. The van der Waals surface area contributed by atoms with Crippen molar-refractivity contribution in [3.8, 4) is 0 Å². The number of benzene rings is 1. The van der Waals surface area contributed by atoms with Crippen molar-refractivity contribution in [2.45, 2.75) is 115 Å². The number of hydrogen-bond donors (Lipinski definition) is 1. The summed E-state index contributed by atoms with van der Waals surface area (Å²) in [4.78, 5) is 31.8. The fourth-order valence-electron chi connectivity index (χ4n) is 6.53. The van der Waals surface area contributed by atoms with E-state index in [1.807, 2.05) is 4.90 Å². The third-order valence-corrected chi connectivity index (χ3v) is 8.74. The molecule has 1 aliphatic carbocycles. The third-order valence-electron chi connectivity index (χ3n) is 8.74. The molecule has 2 aliphatic heterocycles. The van der Waals surface area contributed by atoms with Gasteiger partial charge in [0.15, 0.2) is 0 Å². The minimum Gasteiger partial charge on any atom is -0.342 e. The van der Waals surface area contributed by atoms with Crippen LogP contribution in [0.25, 0.3) is 0 Å². The Morgan fingerprint density at radius 3 is 2.36 bits per heavy atom. The molecule has 1 spiro atoms. The number of nitrogens with one attached hydrogen (secondary N) is 1. The van der Waals surface area contributed by atoms with Crippen LogP contribution >= 0.6 is 12.4 Å². The molecule has 0 radical (unpaired) electrons. The van der Waals surface area contributed by atoms with Crippen LogP contribution in [0.15, 0.2) is 24.3 Å². The molecule has 1 atom stereocenters. The summed E-state index contributed by atoms with van der Waals surface area (Å²) in [6.45, 7) is 7.75. The zero-order valence-electron chi connectivity index (χ0n) is 22.6. The van der Waals surface area contributed by atoms with Crippen LogP contribution in [0, 0.1) is 5.92 Å². The van der Waals surface area contributed by atoms with Crippen LogP contribution in [0.5, 0.6) is 0 Å². The average molecular weight is 518 g/mol. The summed E-state index contributed by atoms with van der Waals surface area (Å²) >= 11 is 0. The Bertz CT molecular complexity index is 846. The Morgan fingerprint density at radius 2 is 1.67 bits per heavy atom. The van der Waals surface area contributed by atoms with Crippen LogP contribution in [-0.2, 0) is 22.6 Å². The van der Waals surface area contributed by atoms with Gasteiger partial charge >= 0.3 is 0 Å². The summed E-state index contributed by atoms with van der Waals surface area (Å²) in [6.07, 6.45) is 14.1. The highest BCUT2D eigenvalue weighted by Crippen LogP contribution is 2.36. The first-order chi connectivity index (χ1) is 17.1. The minimum atomic E-state index is -0.658. The Labute approximate surface area is 225 Å². The van der Waals surface area contributed by atoms with Gasteiger partial charge in [-0.25, -0.2) is 0 Å². The molecule has 0 unspecified atom stereocenters. The fraction of sp³-hybridized carbons (Fsp3) is 0.733. The van der Waals surface area contributed by atoms with Crippen molar-refractivity contribution in [1.29, 1.82) is 0 Å². The number of amides is 2. The average Bonchev–Trinajstić information content (AvgIpc) is 2.88. The van der Waals surface area contributed by atoms with Crippen molar-refractivity contribution in [2.24, 2.45) is 5.92 Å². The zero-order valence-corrected chi connectivity index (χ0v) is 23.4. The first-order valence-electron chi connectivity index (χ1n) is 14.5. The van der Waals surface area contributed by atoms with E-state index in [9.17, 15) is 9.59 Å². The third kappa shape index (κ3) is 6.83. The van der Waals surface area contributed by atoms with E-state index in [2.05, 4.69) is 48.3 Å². The Morgan fingerprint density at radius 1 is 0.972 bits per heavy atom. The van der Waals surface area contributed by atoms with Crippen molar-refractivity contribution in [2.75, 3.05) is 19.6 Å². The molecule has 2 amide bonds. The maximum Gasteiger partial charge on any atom is 0.246 e. The molecule has 3 aliphatic rings. The van der Waals surface area contributed by atoms with E-state index in [0.717, 1.165) is 58.2 Å². The van der Waals surface area contributed by atoms with Gasteiger partial charge in [-0.15, -0.1) is 12.4 Å². The monoisotopic (exact) mass is 517 g/mol. The van der Waals surface area contributed by atoms with Crippen molar-refractivity contribution in [3.05, 3.63) is 35.4 Å². The largest absolute Gasteiger partial charge is 0.342 e. The Hall–Kier alpha value is -1.59. The van der Waals surface area contributed by atoms with E-state index >= 15 is 0 Å². The number of hydrogen-bond acceptors (Lipinski definition) is 3. The number of halogens is 1. The van der Waals surface area contributed by atoms with E-state index in [1.54, 1.807) is 0 Å². The lowest BCUT2D eigenvalue weighted by Gasteiger charge is -2.52. The molecule has 2 heterocycles. The van der Waals surface area contributed by atoms with Gasteiger partial charge in [-0.05, 0) is 55.6 Å². The lowest BCUT2D eigenvalue weighted by atomic mass is 9.79. The van der Waals surface area contributed by atoms with Crippen LogP contribution in [0.4, 0.5) is 0 Å². The quantitative estimate of drug-likeness (QED) is 0.421. The molecule has 0 aromatic heterocycles. The SMILES string of the molecule is CCCCc1cccc(CN2CCC3(CC2)C(=O)N[C@@H](CC2CCCCC2)C(=O)N3CCCC)c1.Cl. The summed E-state index contributed by atoms with van der Waals surface area (Å²) in [7, 11) is 0. The van der Waals surface area contributed by atoms with Crippen LogP contribution in [0.3, 0.4) is 0 Å². The van der Waals surface area contributed by atoms with Gasteiger partial charge in [0, 0.05) is 26.2 Å². The van der Waals surface area contributed by atoms with Gasteiger partial charge in [-0.1, -0.05) is 83.1 Å². The van der Waals surface area contributed by atoms with E-state index in [0.29, 0.717) is 12.5 Å². The second-order valence-electron chi connectivity index (χ2n) is 11.3. The number of carbonyl (C=O) groups excluding carboxylic acids is 2. The van der Waals surface area contributed by atoms with Crippen molar-refractivity contribution >= 4 is 24.2 Å². The van der Waals surface area contributed by atoms with Gasteiger partial charge < -0.3 is 10.2 Å². The van der Waals surface area contributed by atoms with Crippen LogP contribution < -0.4 is 5.32 Å². The number of aryl methyl sites for hydroxylation is 1. The number of rotatable bonds is 10. The molecule has 202 valence electrons. The van der Waals surface area contributed by atoms with Crippen LogP contribution in [0.2, 0.25) is 0 Å². The molecule has 2 saturated heterocycles. The number of likely N-dealkylation sites (tertiary alicyclic amines) is 1. The molecule has 6 heteroatoms. The van der Waals surface area contributed by atoms with E-state index in [1.165, 1.54) is 56.1 Å². The molecule has 36 heavy (non-hydrogen) atoms. The highest BCUT2D eigenvalue weighted by atomic mass is 35.5. The predicted octanol–water partition coefficient (Wildman–Crippen LogP) is 5.88. The van der Waals surface area contributed by atoms with Crippen molar-refractivity contribution in [3.63, 3.8) is 0 Å². The van der Waals surface area contributed by atoms with E-state index < -0.39 is 5.54 Å². The highest BCUT2D eigenvalue weighted by molar-refractivity contribution is 6.00. The van der Waals surface area contributed by atoms with Gasteiger partial charge in [0.1, 0.15) is 11.6 Å². The lowest BCUT2D eigenvalue weighted by Crippen LogP contribution is -2.73. The first-order valence-corrected chi connectivity index (χ1v) is 14.5. The lowest BCUT2D eigenvalue weighted by molar-refractivity contribution is -0.162. The maximum absolute atomic E-state index is 13.7. The molecular weight excluding hydrogens is 470 g/mol. The van der Waals surface area contributed by atoms with E-state index in [-0.39, 0.29) is 30.3 Å². The molecule has 3 fully saturated rings. The summed E-state index contributed by atoms with van der Waals surface area (Å²) < 4.78 is 0. The summed E-state index contributed by atoms with van der Waals surface area (Å²) in [5.41, 5.74) is 2.12. The fourth-order valence-corrected chi connectivity index (χ4v) is 6.53. The molecule has 0 bridgehead atoms. The van der Waals surface area contributed by atoms with Gasteiger partial charge in [-0.3, -0.25) is 14.5 Å². The van der Waals surface area contributed by atoms with Gasteiger partial charge in [0.2, 0.25) is 11.8 Å². The topological polar surface area (TPSA) is 52.7 Å². The second kappa shape index (κ2) is 13.8. The summed E-state index contributed by atoms with van der Waals surface area (Å²) in [5, 5.41) is 3.22. The molecule has 1 aromatic rings. The Balaban J connectivity index is 0.00000361. The number of piperazine rings is 1. The molecule has 1 N–H and O–H groups in total. The number of unbranched alkanes of at least 4 members (excludes halogenated alkanes) is 2. The molecular formula is C30H48ClN3O2. The number of piperidine rings is 1. The smallest absolute Gasteiger partial charge is 0.246 e. The molecule has 5 nitrogen and oxygen atoms in total. The second-order valence-corrected chi connectivity index (χ2v) is 11.3. The number of carbonyl (C=O) groups is 2. The minimum absolute atomic E-state index is 0.